The summed E-state index contributed by atoms with van der Waals surface area (Å²) in [6.45, 7) is 0.451. The quantitative estimate of drug-likeness (QED) is 0.297. The second-order valence-corrected chi connectivity index (χ2v) is 9.30. The van der Waals surface area contributed by atoms with Gasteiger partial charge in [-0.25, -0.2) is 4.79 Å². The van der Waals surface area contributed by atoms with Crippen LogP contribution in [0.4, 0.5) is 5.69 Å². The van der Waals surface area contributed by atoms with E-state index in [1.165, 1.54) is 6.42 Å². The summed E-state index contributed by atoms with van der Waals surface area (Å²) in [5.74, 6) is -0.846. The van der Waals surface area contributed by atoms with Crippen molar-refractivity contribution in [3.05, 3.63) is 90.1 Å². The lowest BCUT2D eigenvalue weighted by Crippen LogP contribution is -2.36. The molecule has 1 N–H and O–H groups in total. The first-order valence-electron chi connectivity index (χ1n) is 12.3. The summed E-state index contributed by atoms with van der Waals surface area (Å²) in [5, 5.41) is 13.8. The Morgan fingerprint density at radius 1 is 0.972 bits per heavy atom. The zero-order chi connectivity index (χ0) is 24.9. The van der Waals surface area contributed by atoms with Crippen LogP contribution in [0.1, 0.15) is 43.2 Å². The topological polar surface area (TPSA) is 83.6 Å². The van der Waals surface area contributed by atoms with Crippen LogP contribution in [0, 0.1) is 5.92 Å². The van der Waals surface area contributed by atoms with E-state index in [0.29, 0.717) is 6.54 Å². The largest absolute Gasteiger partial charge is 0.478 e. The highest BCUT2D eigenvalue weighted by Gasteiger charge is 2.27. The predicted molar refractivity (Wildman–Crippen MR) is 140 cm³/mol. The summed E-state index contributed by atoms with van der Waals surface area (Å²) in [4.78, 5) is 26.5. The Hall–Kier alpha value is -4.19. The Balaban J connectivity index is 1.42. The van der Waals surface area contributed by atoms with Crippen LogP contribution in [0.3, 0.4) is 0 Å². The van der Waals surface area contributed by atoms with Crippen LogP contribution in [-0.2, 0) is 16.1 Å². The van der Waals surface area contributed by atoms with Gasteiger partial charge in [0.2, 0.25) is 5.91 Å². The number of aromatic nitrogens is 1. The minimum Gasteiger partial charge on any atom is -0.478 e. The molecule has 1 fully saturated rings. The van der Waals surface area contributed by atoms with Crippen LogP contribution < -0.4 is 4.90 Å². The predicted octanol–water partition coefficient (Wildman–Crippen LogP) is 6.71. The molecule has 6 heteroatoms. The maximum Gasteiger partial charge on any atom is 0.328 e. The maximum absolute atomic E-state index is 13.7. The van der Waals surface area contributed by atoms with Crippen LogP contribution in [-0.4, -0.2) is 22.1 Å². The highest BCUT2D eigenvalue weighted by molar-refractivity contribution is 5.95. The SMILES string of the molecule is O=C(O)C=Cc1cccc(N(Cc2ccc(-c3ccc4oncc4c3)cc2)C(=O)C2CCCCC2)c1. The number of carbonyl (C=O) groups excluding carboxylic acids is 1. The fraction of sp³-hybridized carbons (Fsp3) is 0.233. The fourth-order valence-electron chi connectivity index (χ4n) is 4.87. The number of nitrogens with zero attached hydrogens (tertiary/aromatic N) is 2. The van der Waals surface area contributed by atoms with Crippen molar-refractivity contribution in [2.24, 2.45) is 5.92 Å². The minimum absolute atomic E-state index is 0.0199. The molecular formula is C30H28N2O4. The zero-order valence-electron chi connectivity index (χ0n) is 20.0. The molecule has 0 aliphatic heterocycles. The van der Waals surface area contributed by atoms with Crippen molar-refractivity contribution < 1.29 is 19.2 Å². The summed E-state index contributed by atoms with van der Waals surface area (Å²) in [6.07, 6.45) is 9.55. The van der Waals surface area contributed by atoms with E-state index in [1.54, 1.807) is 12.3 Å². The van der Waals surface area contributed by atoms with Gasteiger partial charge in [0.05, 0.1) is 12.7 Å². The number of carboxylic acids is 1. The number of carbonyl (C=O) groups is 2. The van der Waals surface area contributed by atoms with Crippen molar-refractivity contribution >= 4 is 34.6 Å². The molecule has 1 aliphatic carbocycles. The van der Waals surface area contributed by atoms with Crippen LogP contribution in [0.2, 0.25) is 0 Å². The molecule has 0 atom stereocenters. The fourth-order valence-corrected chi connectivity index (χ4v) is 4.87. The Morgan fingerprint density at radius 2 is 1.75 bits per heavy atom. The lowest BCUT2D eigenvalue weighted by Gasteiger charge is -2.30. The number of rotatable bonds is 7. The molecule has 0 saturated heterocycles. The number of aliphatic carboxylic acids is 1. The molecule has 3 aromatic carbocycles. The number of carboxylic acid groups (broad SMARTS) is 1. The molecule has 6 nitrogen and oxygen atoms in total. The third-order valence-corrected chi connectivity index (χ3v) is 6.80. The summed E-state index contributed by atoms with van der Waals surface area (Å²) in [5.41, 5.74) is 5.46. The van der Waals surface area contributed by atoms with Gasteiger partial charge in [-0.3, -0.25) is 4.79 Å². The van der Waals surface area contributed by atoms with E-state index in [1.807, 2.05) is 41.3 Å². The van der Waals surface area contributed by atoms with Crippen molar-refractivity contribution in [1.82, 2.24) is 5.16 Å². The zero-order valence-corrected chi connectivity index (χ0v) is 20.0. The van der Waals surface area contributed by atoms with Gasteiger partial charge < -0.3 is 14.5 Å². The van der Waals surface area contributed by atoms with Gasteiger partial charge in [0.15, 0.2) is 5.58 Å². The molecule has 1 aliphatic rings. The molecule has 1 amide bonds. The van der Waals surface area contributed by atoms with Gasteiger partial charge in [0.25, 0.3) is 0 Å². The molecule has 1 heterocycles. The Labute approximate surface area is 209 Å². The van der Waals surface area contributed by atoms with Crippen LogP contribution in [0.5, 0.6) is 0 Å². The molecule has 0 spiro atoms. The second kappa shape index (κ2) is 10.6. The molecule has 4 aromatic rings. The highest BCUT2D eigenvalue weighted by atomic mass is 16.5. The van der Waals surface area contributed by atoms with E-state index in [-0.39, 0.29) is 11.8 Å². The first-order valence-corrected chi connectivity index (χ1v) is 12.3. The lowest BCUT2D eigenvalue weighted by atomic mass is 9.88. The highest BCUT2D eigenvalue weighted by Crippen LogP contribution is 2.30. The molecule has 0 radical (unpaired) electrons. The Kier molecular flexibility index (Phi) is 6.94. The van der Waals surface area contributed by atoms with Gasteiger partial charge in [0.1, 0.15) is 0 Å². The van der Waals surface area contributed by atoms with E-state index in [4.69, 9.17) is 9.63 Å². The number of hydrogen-bond acceptors (Lipinski definition) is 4. The average Bonchev–Trinajstić information content (AvgIpc) is 3.39. The smallest absolute Gasteiger partial charge is 0.328 e. The third-order valence-electron chi connectivity index (χ3n) is 6.80. The Morgan fingerprint density at radius 3 is 2.53 bits per heavy atom. The first-order chi connectivity index (χ1) is 17.6. The van der Waals surface area contributed by atoms with Crippen LogP contribution in [0.25, 0.3) is 28.2 Å². The van der Waals surface area contributed by atoms with E-state index in [0.717, 1.165) is 70.7 Å². The third kappa shape index (κ3) is 5.38. The van der Waals surface area contributed by atoms with Crippen molar-refractivity contribution in [3.8, 4) is 11.1 Å². The van der Waals surface area contributed by atoms with Crippen molar-refractivity contribution in [2.75, 3.05) is 4.90 Å². The molecule has 1 aromatic heterocycles. The number of anilines is 1. The molecule has 5 rings (SSSR count). The van der Waals surface area contributed by atoms with Gasteiger partial charge in [-0.2, -0.15) is 0 Å². The lowest BCUT2D eigenvalue weighted by molar-refractivity contribution is -0.131. The summed E-state index contributed by atoms with van der Waals surface area (Å²) >= 11 is 0. The van der Waals surface area contributed by atoms with Gasteiger partial charge in [0, 0.05) is 23.1 Å². The van der Waals surface area contributed by atoms with Crippen molar-refractivity contribution in [3.63, 3.8) is 0 Å². The summed E-state index contributed by atoms with van der Waals surface area (Å²) in [6, 6.07) is 21.7. The standard InChI is InChI=1S/C30H28N2O4/c33-29(34)16-11-21-5-4-8-27(17-21)32(30(35)24-6-2-1-3-7-24)20-22-9-12-23(13-10-22)25-14-15-28-26(18-25)19-31-36-28/h4-5,8-19,24H,1-3,6-7,20H2,(H,33,34). The molecule has 36 heavy (non-hydrogen) atoms. The molecule has 0 unspecified atom stereocenters. The first kappa shape index (κ1) is 23.5. The molecule has 182 valence electrons. The number of hydrogen-bond donors (Lipinski definition) is 1. The van der Waals surface area contributed by atoms with E-state index in [9.17, 15) is 9.59 Å². The average molecular weight is 481 g/mol. The maximum atomic E-state index is 13.7. The second-order valence-electron chi connectivity index (χ2n) is 9.30. The summed E-state index contributed by atoms with van der Waals surface area (Å²) < 4.78 is 5.20. The van der Waals surface area contributed by atoms with E-state index < -0.39 is 5.97 Å². The molecular weight excluding hydrogens is 452 g/mol. The van der Waals surface area contributed by atoms with Crippen LogP contribution >= 0.6 is 0 Å². The number of fused-ring (bicyclic) bond motifs is 1. The normalized spacial score (nSPS) is 14.3. The monoisotopic (exact) mass is 480 g/mol. The van der Waals surface area contributed by atoms with E-state index >= 15 is 0 Å². The van der Waals surface area contributed by atoms with Gasteiger partial charge in [-0.05, 0) is 65.4 Å². The molecule has 1 saturated carbocycles. The van der Waals surface area contributed by atoms with Gasteiger partial charge >= 0.3 is 5.97 Å². The summed E-state index contributed by atoms with van der Waals surface area (Å²) in [7, 11) is 0. The van der Waals surface area contributed by atoms with E-state index in [2.05, 4.69) is 35.5 Å². The van der Waals surface area contributed by atoms with Crippen LogP contribution in [0.15, 0.2) is 83.5 Å². The number of amides is 1. The molecule has 0 bridgehead atoms. The number of benzene rings is 3. The minimum atomic E-state index is -1.00. The van der Waals surface area contributed by atoms with Crippen molar-refractivity contribution in [1.29, 1.82) is 0 Å². The van der Waals surface area contributed by atoms with Crippen molar-refractivity contribution in [2.45, 2.75) is 38.6 Å². The van der Waals surface area contributed by atoms with Gasteiger partial charge in [-0.15, -0.1) is 0 Å². The Bertz CT molecular complexity index is 1400. The van der Waals surface area contributed by atoms with Gasteiger partial charge in [-0.1, -0.05) is 66.9 Å².